The number of nitrogen functional groups attached to an aromatic ring is 1. The summed E-state index contributed by atoms with van der Waals surface area (Å²) in [5, 5.41) is 14.5. The van der Waals surface area contributed by atoms with Gasteiger partial charge in [-0.3, -0.25) is 4.68 Å². The van der Waals surface area contributed by atoms with Crippen molar-refractivity contribution in [1.29, 1.82) is 0 Å². The molecule has 0 aliphatic heterocycles. The summed E-state index contributed by atoms with van der Waals surface area (Å²) in [4.78, 5) is 8.67. The lowest BCUT2D eigenvalue weighted by atomic mass is 10.0. The molecular formula is C23H18FN9. The van der Waals surface area contributed by atoms with Crippen molar-refractivity contribution < 1.29 is 4.39 Å². The predicted molar refractivity (Wildman–Crippen MR) is 122 cm³/mol. The fourth-order valence-electron chi connectivity index (χ4n) is 4.10. The van der Waals surface area contributed by atoms with Crippen LogP contribution in [0.4, 0.5) is 10.2 Å². The Morgan fingerprint density at radius 2 is 1.91 bits per heavy atom. The first-order valence-corrected chi connectivity index (χ1v) is 10.3. The first-order chi connectivity index (χ1) is 16.1. The third kappa shape index (κ3) is 3.19. The molecule has 4 heterocycles. The largest absolute Gasteiger partial charge is 0.383 e. The van der Waals surface area contributed by atoms with Gasteiger partial charge in [-0.15, -0.1) is 5.10 Å². The van der Waals surface area contributed by atoms with Gasteiger partial charge in [0.2, 0.25) is 0 Å². The predicted octanol–water partition coefficient (Wildman–Crippen LogP) is 3.34. The highest BCUT2D eigenvalue weighted by molar-refractivity contribution is 6.02. The number of benzene rings is 2. The molecular weight excluding hydrogens is 421 g/mol. The van der Waals surface area contributed by atoms with E-state index in [4.69, 9.17) is 5.73 Å². The summed E-state index contributed by atoms with van der Waals surface area (Å²) in [5.41, 5.74) is 10.7. The van der Waals surface area contributed by atoms with E-state index >= 15 is 0 Å². The third-order valence-corrected chi connectivity index (χ3v) is 5.59. The number of fused-ring (bicyclic) bond motifs is 2. The van der Waals surface area contributed by atoms with Gasteiger partial charge < -0.3 is 10.3 Å². The summed E-state index contributed by atoms with van der Waals surface area (Å²) < 4.78 is 19.3. The molecule has 0 spiro atoms. The van der Waals surface area contributed by atoms with Crippen LogP contribution in [0.5, 0.6) is 0 Å². The lowest BCUT2D eigenvalue weighted by molar-refractivity contribution is 0.607. The van der Waals surface area contributed by atoms with Crippen molar-refractivity contribution in [2.24, 2.45) is 7.05 Å². The van der Waals surface area contributed by atoms with Crippen molar-refractivity contribution in [3.8, 4) is 16.8 Å². The molecule has 0 saturated carbocycles. The molecule has 0 aliphatic rings. The number of nitrogens with zero attached hydrogens (tertiary/aromatic N) is 8. The number of hydrogen-bond donors (Lipinski definition) is 1. The summed E-state index contributed by atoms with van der Waals surface area (Å²) in [6.07, 6.45) is 7.10. The summed E-state index contributed by atoms with van der Waals surface area (Å²) in [6.45, 7) is 0.385. The zero-order valence-corrected chi connectivity index (χ0v) is 17.6. The Morgan fingerprint density at radius 3 is 2.79 bits per heavy atom. The quantitative estimate of drug-likeness (QED) is 0.452. The van der Waals surface area contributed by atoms with Gasteiger partial charge in [-0.1, -0.05) is 23.4 Å². The van der Waals surface area contributed by atoms with E-state index in [1.54, 1.807) is 29.1 Å². The van der Waals surface area contributed by atoms with Crippen molar-refractivity contribution in [3.05, 3.63) is 78.9 Å². The average Bonchev–Trinajstić information content (AvgIpc) is 3.51. The highest BCUT2D eigenvalue weighted by Crippen LogP contribution is 2.34. The Balaban J connectivity index is 1.44. The van der Waals surface area contributed by atoms with Crippen LogP contribution >= 0.6 is 0 Å². The molecule has 0 fully saturated rings. The monoisotopic (exact) mass is 439 g/mol. The van der Waals surface area contributed by atoms with Crippen LogP contribution in [-0.2, 0) is 13.6 Å². The third-order valence-electron chi connectivity index (χ3n) is 5.59. The Hall–Kier alpha value is -4.60. The Kier molecular flexibility index (Phi) is 4.19. The molecule has 9 nitrogen and oxygen atoms in total. The average molecular weight is 439 g/mol. The van der Waals surface area contributed by atoms with Gasteiger partial charge in [0.15, 0.2) is 0 Å². The Morgan fingerprint density at radius 1 is 1.03 bits per heavy atom. The minimum Gasteiger partial charge on any atom is -0.383 e. The van der Waals surface area contributed by atoms with Crippen molar-refractivity contribution in [3.63, 3.8) is 0 Å². The van der Waals surface area contributed by atoms with Gasteiger partial charge >= 0.3 is 0 Å². The standard InChI is InChI=1S/C23H18FN9/c1-31-9-15-8-14(6-7-19(15)29-31)17-12-32(23-21(17)22(25)26-13-27-23)10-16-11-33(30-28-16)20-5-3-2-4-18(20)24/h2-9,11-13H,10H2,1H3,(H2,25,26,27). The van der Waals surface area contributed by atoms with E-state index in [1.807, 2.05) is 36.1 Å². The van der Waals surface area contributed by atoms with E-state index in [9.17, 15) is 4.39 Å². The topological polar surface area (TPSA) is 105 Å². The number of anilines is 1. The second-order valence-electron chi connectivity index (χ2n) is 7.81. The molecule has 162 valence electrons. The number of para-hydroxylation sites is 1. The summed E-state index contributed by atoms with van der Waals surface area (Å²) in [7, 11) is 1.89. The number of halogens is 1. The number of hydrogen-bond acceptors (Lipinski definition) is 6. The zero-order chi connectivity index (χ0) is 22.5. The molecule has 6 rings (SSSR count). The number of rotatable bonds is 4. The number of aryl methyl sites for hydroxylation is 1. The minimum atomic E-state index is -0.367. The van der Waals surface area contributed by atoms with Gasteiger partial charge in [-0.2, -0.15) is 5.10 Å². The Labute approximate surface area is 186 Å². The van der Waals surface area contributed by atoms with E-state index in [2.05, 4.69) is 31.4 Å². The molecule has 0 unspecified atom stereocenters. The van der Waals surface area contributed by atoms with Crippen molar-refractivity contribution >= 4 is 27.8 Å². The fraction of sp³-hybridized carbons (Fsp3) is 0.0870. The van der Waals surface area contributed by atoms with Gasteiger partial charge in [-0.25, -0.2) is 19.0 Å². The molecule has 6 aromatic rings. The van der Waals surface area contributed by atoms with E-state index in [0.29, 0.717) is 29.4 Å². The fourth-order valence-corrected chi connectivity index (χ4v) is 4.10. The van der Waals surface area contributed by atoms with Crippen molar-refractivity contribution in [2.45, 2.75) is 6.54 Å². The van der Waals surface area contributed by atoms with Crippen LogP contribution in [0.2, 0.25) is 0 Å². The molecule has 0 saturated heterocycles. The van der Waals surface area contributed by atoms with Crippen LogP contribution in [0.25, 0.3) is 38.8 Å². The van der Waals surface area contributed by atoms with E-state index in [0.717, 1.165) is 27.4 Å². The van der Waals surface area contributed by atoms with Crippen LogP contribution in [0.1, 0.15) is 5.69 Å². The first kappa shape index (κ1) is 19.1. The van der Waals surface area contributed by atoms with Gasteiger partial charge in [0.05, 0.1) is 23.6 Å². The van der Waals surface area contributed by atoms with Crippen LogP contribution in [0.15, 0.2) is 67.4 Å². The number of aromatic nitrogens is 8. The van der Waals surface area contributed by atoms with Gasteiger partial charge in [0.25, 0.3) is 0 Å². The van der Waals surface area contributed by atoms with Gasteiger partial charge in [-0.05, 0) is 29.8 Å². The van der Waals surface area contributed by atoms with Crippen LogP contribution in [0.3, 0.4) is 0 Å². The Bertz CT molecular complexity index is 1640. The maximum Gasteiger partial charge on any atom is 0.148 e. The van der Waals surface area contributed by atoms with Crippen molar-refractivity contribution in [2.75, 3.05) is 5.73 Å². The second-order valence-corrected chi connectivity index (χ2v) is 7.81. The molecule has 2 N–H and O–H groups in total. The van der Waals surface area contributed by atoms with Crippen molar-refractivity contribution in [1.82, 2.24) is 39.3 Å². The number of nitrogens with two attached hydrogens (primary N) is 1. The smallest absolute Gasteiger partial charge is 0.148 e. The SMILES string of the molecule is Cn1cc2cc(-c3cn(Cc4cn(-c5ccccc5F)nn4)c4ncnc(N)c34)ccc2n1. The maximum atomic E-state index is 14.1. The molecule has 0 radical (unpaired) electrons. The molecule has 0 bridgehead atoms. The highest BCUT2D eigenvalue weighted by atomic mass is 19.1. The minimum absolute atomic E-state index is 0.339. The zero-order valence-electron chi connectivity index (χ0n) is 17.6. The molecule has 0 aliphatic carbocycles. The molecule has 0 amide bonds. The molecule has 10 heteroatoms. The van der Waals surface area contributed by atoms with Crippen LogP contribution < -0.4 is 5.73 Å². The molecule has 0 atom stereocenters. The van der Waals surface area contributed by atoms with E-state index < -0.39 is 0 Å². The second kappa shape index (κ2) is 7.23. The molecule has 2 aromatic carbocycles. The van der Waals surface area contributed by atoms with E-state index in [1.165, 1.54) is 17.1 Å². The maximum absolute atomic E-state index is 14.1. The van der Waals surface area contributed by atoms with Gasteiger partial charge in [0, 0.05) is 30.4 Å². The first-order valence-electron chi connectivity index (χ1n) is 10.3. The lowest BCUT2D eigenvalue weighted by Crippen LogP contribution is -2.01. The van der Waals surface area contributed by atoms with Crippen LogP contribution in [-0.4, -0.2) is 39.3 Å². The normalized spacial score (nSPS) is 11.6. The molecule has 33 heavy (non-hydrogen) atoms. The van der Waals surface area contributed by atoms with Gasteiger partial charge in [0.1, 0.15) is 35.0 Å². The molecule has 4 aromatic heterocycles. The lowest BCUT2D eigenvalue weighted by Gasteiger charge is -2.02. The summed E-state index contributed by atoms with van der Waals surface area (Å²) in [6, 6.07) is 12.5. The summed E-state index contributed by atoms with van der Waals surface area (Å²) >= 11 is 0. The van der Waals surface area contributed by atoms with E-state index in [-0.39, 0.29) is 5.82 Å². The highest BCUT2D eigenvalue weighted by Gasteiger charge is 2.17. The summed E-state index contributed by atoms with van der Waals surface area (Å²) in [5.74, 6) is 0.0315. The van der Waals surface area contributed by atoms with Crippen LogP contribution in [0, 0.1) is 5.82 Å².